The molecule has 0 bridgehead atoms. The number of benzene rings is 1. The number of amides is 1. The van der Waals surface area contributed by atoms with E-state index in [1.54, 1.807) is 13.8 Å². The smallest absolute Gasteiger partial charge is 0.248 e. The average Bonchev–Trinajstić information content (AvgIpc) is 2.13. The lowest BCUT2D eigenvalue weighted by Gasteiger charge is -2.11. The normalized spacial score (nSPS) is 11.1. The quantitative estimate of drug-likeness (QED) is 0.884. The van der Waals surface area contributed by atoms with Crippen LogP contribution in [0.5, 0.6) is 0 Å². The average molecular weight is 269 g/mol. The molecule has 1 aromatic rings. The Hall–Kier alpha value is -1.69. The van der Waals surface area contributed by atoms with Crippen LogP contribution in [-0.4, -0.2) is 19.4 Å². The SMILES string of the molecule is CC(=O)Nc1cc(C)c(S(=O)(=O)C(C)=O)c(C)c1. The van der Waals surface area contributed by atoms with Gasteiger partial charge in [-0.15, -0.1) is 0 Å². The molecule has 0 saturated heterocycles. The van der Waals surface area contributed by atoms with E-state index in [9.17, 15) is 18.0 Å². The highest BCUT2D eigenvalue weighted by molar-refractivity contribution is 8.06. The molecule has 98 valence electrons. The number of carbonyl (C=O) groups excluding carboxylic acids is 2. The minimum atomic E-state index is -3.94. The first kappa shape index (κ1) is 14.4. The molecule has 0 heterocycles. The van der Waals surface area contributed by atoms with Gasteiger partial charge in [0.25, 0.3) is 0 Å². The number of hydrogen-bond acceptors (Lipinski definition) is 4. The lowest BCUT2D eigenvalue weighted by Crippen LogP contribution is -2.15. The molecule has 0 unspecified atom stereocenters. The summed E-state index contributed by atoms with van der Waals surface area (Å²) in [5.41, 5.74) is 1.39. The summed E-state index contributed by atoms with van der Waals surface area (Å²) < 4.78 is 23.7. The maximum Gasteiger partial charge on any atom is 0.248 e. The van der Waals surface area contributed by atoms with Crippen molar-refractivity contribution in [1.82, 2.24) is 0 Å². The molecule has 1 rings (SSSR count). The van der Waals surface area contributed by atoms with Gasteiger partial charge in [-0.05, 0) is 37.1 Å². The van der Waals surface area contributed by atoms with Gasteiger partial charge in [-0.25, -0.2) is 8.42 Å². The number of anilines is 1. The summed E-state index contributed by atoms with van der Waals surface area (Å²) in [6, 6.07) is 3.06. The predicted octanol–water partition coefficient (Wildman–Crippen LogP) is 1.58. The molecule has 0 atom stereocenters. The number of rotatable bonds is 2. The van der Waals surface area contributed by atoms with Crippen LogP contribution < -0.4 is 5.32 Å². The second kappa shape index (κ2) is 4.89. The first-order chi connectivity index (χ1) is 8.16. The first-order valence-electron chi connectivity index (χ1n) is 5.30. The van der Waals surface area contributed by atoms with Crippen molar-refractivity contribution >= 4 is 26.5 Å². The van der Waals surface area contributed by atoms with Gasteiger partial charge in [0.1, 0.15) is 0 Å². The molecule has 1 N–H and O–H groups in total. The van der Waals surface area contributed by atoms with Crippen LogP contribution >= 0.6 is 0 Å². The highest BCUT2D eigenvalue weighted by atomic mass is 32.2. The standard InChI is InChI=1S/C12H15NO4S/c1-7-5-11(13-9(3)14)6-8(2)12(7)18(16,17)10(4)15/h5-6H,1-4H3,(H,13,14). The first-order valence-corrected chi connectivity index (χ1v) is 6.79. The summed E-state index contributed by atoms with van der Waals surface area (Å²) in [6.45, 7) is 5.57. The number of carbonyl (C=O) groups is 2. The second-order valence-corrected chi connectivity index (χ2v) is 6.11. The Labute approximate surface area is 106 Å². The molecule has 0 aliphatic carbocycles. The molecule has 0 saturated carbocycles. The van der Waals surface area contributed by atoms with E-state index >= 15 is 0 Å². The molecule has 0 radical (unpaired) electrons. The lowest BCUT2D eigenvalue weighted by molar-refractivity contribution is -0.114. The summed E-state index contributed by atoms with van der Waals surface area (Å²) in [5, 5.41) is 1.69. The van der Waals surface area contributed by atoms with Crippen LogP contribution in [0.15, 0.2) is 17.0 Å². The Morgan fingerprint density at radius 2 is 1.50 bits per heavy atom. The van der Waals surface area contributed by atoms with E-state index in [-0.39, 0.29) is 10.8 Å². The van der Waals surface area contributed by atoms with E-state index in [1.807, 2.05) is 0 Å². The van der Waals surface area contributed by atoms with Crippen LogP contribution in [0.2, 0.25) is 0 Å². The van der Waals surface area contributed by atoms with E-state index in [0.717, 1.165) is 6.92 Å². The van der Waals surface area contributed by atoms with Crippen molar-refractivity contribution in [2.24, 2.45) is 0 Å². The van der Waals surface area contributed by atoms with E-state index in [2.05, 4.69) is 5.32 Å². The van der Waals surface area contributed by atoms with Gasteiger partial charge >= 0.3 is 0 Å². The van der Waals surface area contributed by atoms with Crippen molar-refractivity contribution in [2.45, 2.75) is 32.6 Å². The summed E-state index contributed by atoms with van der Waals surface area (Å²) in [5.74, 6) is -0.240. The van der Waals surface area contributed by atoms with Crippen LogP contribution in [0, 0.1) is 13.8 Å². The number of hydrogen-bond donors (Lipinski definition) is 1. The number of aryl methyl sites for hydroxylation is 2. The topological polar surface area (TPSA) is 80.3 Å². The third-order valence-electron chi connectivity index (χ3n) is 2.43. The zero-order valence-corrected chi connectivity index (χ0v) is 11.5. The highest BCUT2D eigenvalue weighted by Gasteiger charge is 2.25. The molecule has 1 aromatic carbocycles. The molecular formula is C12H15NO4S. The summed E-state index contributed by atoms with van der Waals surface area (Å²) >= 11 is 0. The predicted molar refractivity (Wildman–Crippen MR) is 68.1 cm³/mol. The van der Waals surface area contributed by atoms with Crippen molar-refractivity contribution in [1.29, 1.82) is 0 Å². The van der Waals surface area contributed by atoms with Gasteiger partial charge in [0, 0.05) is 19.5 Å². The maximum absolute atomic E-state index is 11.9. The maximum atomic E-state index is 11.9. The van der Waals surface area contributed by atoms with E-state index in [0.29, 0.717) is 16.8 Å². The highest BCUT2D eigenvalue weighted by Crippen LogP contribution is 2.25. The fourth-order valence-corrected chi connectivity index (χ4v) is 3.05. The number of nitrogens with one attached hydrogen (secondary N) is 1. The molecule has 0 spiro atoms. The fraction of sp³-hybridized carbons (Fsp3) is 0.333. The Morgan fingerprint density at radius 3 is 1.83 bits per heavy atom. The molecule has 0 aromatic heterocycles. The van der Waals surface area contributed by atoms with Gasteiger partial charge < -0.3 is 5.32 Å². The van der Waals surface area contributed by atoms with Gasteiger partial charge in [-0.3, -0.25) is 9.59 Å². The fourth-order valence-electron chi connectivity index (χ4n) is 1.79. The van der Waals surface area contributed by atoms with Crippen molar-refractivity contribution in [3.8, 4) is 0 Å². The van der Waals surface area contributed by atoms with Crippen LogP contribution in [0.3, 0.4) is 0 Å². The zero-order chi connectivity index (χ0) is 14.1. The summed E-state index contributed by atoms with van der Waals surface area (Å²) in [7, 11) is -3.94. The van der Waals surface area contributed by atoms with Gasteiger partial charge in [-0.1, -0.05) is 0 Å². The van der Waals surface area contributed by atoms with Crippen LogP contribution in [0.25, 0.3) is 0 Å². The zero-order valence-electron chi connectivity index (χ0n) is 10.7. The van der Waals surface area contributed by atoms with Crippen LogP contribution in [0.4, 0.5) is 5.69 Å². The molecule has 0 fully saturated rings. The van der Waals surface area contributed by atoms with Crippen molar-refractivity contribution in [3.05, 3.63) is 23.3 Å². The molecule has 0 aliphatic rings. The van der Waals surface area contributed by atoms with Crippen molar-refractivity contribution in [2.75, 3.05) is 5.32 Å². The third kappa shape index (κ3) is 2.76. The van der Waals surface area contributed by atoms with E-state index in [4.69, 9.17) is 0 Å². The Kier molecular flexibility index (Phi) is 3.91. The lowest BCUT2D eigenvalue weighted by atomic mass is 10.1. The largest absolute Gasteiger partial charge is 0.326 e. The van der Waals surface area contributed by atoms with E-state index < -0.39 is 15.0 Å². The molecule has 1 amide bonds. The van der Waals surface area contributed by atoms with Crippen LogP contribution in [0.1, 0.15) is 25.0 Å². The minimum Gasteiger partial charge on any atom is -0.326 e. The molecule has 18 heavy (non-hydrogen) atoms. The van der Waals surface area contributed by atoms with Gasteiger partial charge in [0.15, 0.2) is 0 Å². The van der Waals surface area contributed by atoms with Crippen molar-refractivity contribution < 1.29 is 18.0 Å². The van der Waals surface area contributed by atoms with E-state index in [1.165, 1.54) is 19.1 Å². The van der Waals surface area contributed by atoms with Crippen LogP contribution in [-0.2, 0) is 19.4 Å². The summed E-state index contributed by atoms with van der Waals surface area (Å²) in [4.78, 5) is 22.1. The Bertz CT molecular complexity index is 594. The van der Waals surface area contributed by atoms with Gasteiger partial charge in [0.2, 0.25) is 20.9 Å². The summed E-state index contributed by atoms with van der Waals surface area (Å²) in [6.07, 6.45) is 0. The van der Waals surface area contributed by atoms with Crippen molar-refractivity contribution in [3.63, 3.8) is 0 Å². The Balaban J connectivity index is 3.43. The second-order valence-electron chi connectivity index (χ2n) is 4.12. The Morgan fingerprint density at radius 1 is 1.06 bits per heavy atom. The molecular weight excluding hydrogens is 254 g/mol. The molecule has 6 heteroatoms. The minimum absolute atomic E-state index is 0.0177. The molecule has 0 aliphatic heterocycles. The molecule has 5 nitrogen and oxygen atoms in total. The number of sulfone groups is 1. The van der Waals surface area contributed by atoms with Gasteiger partial charge in [-0.2, -0.15) is 0 Å². The monoisotopic (exact) mass is 269 g/mol. The van der Waals surface area contributed by atoms with Gasteiger partial charge in [0.05, 0.1) is 4.90 Å². The third-order valence-corrected chi connectivity index (χ3v) is 4.37.